The molecule has 0 aliphatic carbocycles. The molecule has 2 aromatic rings. The topological polar surface area (TPSA) is 76.1 Å². The van der Waals surface area contributed by atoms with Crippen LogP contribution >= 0.6 is 23.2 Å². The number of aromatic nitrogens is 2. The van der Waals surface area contributed by atoms with Crippen LogP contribution < -0.4 is 10.6 Å². The molecule has 1 aromatic carbocycles. The van der Waals surface area contributed by atoms with Crippen LogP contribution in [0.4, 0.5) is 11.6 Å². The Hall–Kier alpha value is -1.89. The molecule has 0 aliphatic rings. The van der Waals surface area contributed by atoms with Crippen LogP contribution in [0.15, 0.2) is 30.5 Å². The maximum absolute atomic E-state index is 12.2. The van der Waals surface area contributed by atoms with Crippen LogP contribution in [0, 0.1) is 0 Å². The zero-order valence-electron chi connectivity index (χ0n) is 12.5. The van der Waals surface area contributed by atoms with Crippen molar-refractivity contribution in [2.24, 2.45) is 0 Å². The number of halogens is 2. The average molecular weight is 355 g/mol. The fourth-order valence-electron chi connectivity index (χ4n) is 1.81. The van der Waals surface area contributed by atoms with Gasteiger partial charge in [-0.05, 0) is 30.7 Å². The minimum Gasteiger partial charge on any atom is -0.385 e. The smallest absolute Gasteiger partial charge is 0.274 e. The number of nitrogens with zero attached hydrogens (tertiary/aromatic N) is 2. The van der Waals surface area contributed by atoms with E-state index < -0.39 is 0 Å². The van der Waals surface area contributed by atoms with Gasteiger partial charge in [0.05, 0.1) is 0 Å². The number of ether oxygens (including phenoxy) is 1. The van der Waals surface area contributed by atoms with E-state index in [1.165, 1.54) is 12.3 Å². The van der Waals surface area contributed by atoms with Gasteiger partial charge in [-0.3, -0.25) is 4.79 Å². The third-order valence-corrected chi connectivity index (χ3v) is 3.25. The molecule has 0 atom stereocenters. The number of carbonyl (C=O) groups excluding carboxylic acids is 1. The van der Waals surface area contributed by atoms with Gasteiger partial charge in [-0.1, -0.05) is 23.2 Å². The molecule has 0 saturated heterocycles. The lowest BCUT2D eigenvalue weighted by molar-refractivity contribution is 0.102. The summed E-state index contributed by atoms with van der Waals surface area (Å²) in [6, 6.07) is 6.33. The zero-order chi connectivity index (χ0) is 16.7. The van der Waals surface area contributed by atoms with E-state index in [9.17, 15) is 4.79 Å². The van der Waals surface area contributed by atoms with Crippen molar-refractivity contribution in [3.05, 3.63) is 46.2 Å². The van der Waals surface area contributed by atoms with Crippen LogP contribution in [0.1, 0.15) is 16.9 Å². The lowest BCUT2D eigenvalue weighted by atomic mass is 10.3. The van der Waals surface area contributed by atoms with Gasteiger partial charge in [0, 0.05) is 42.2 Å². The van der Waals surface area contributed by atoms with Crippen molar-refractivity contribution in [1.82, 2.24) is 9.97 Å². The number of nitrogens with one attached hydrogen (secondary N) is 2. The molecule has 23 heavy (non-hydrogen) atoms. The third kappa shape index (κ3) is 5.67. The first kappa shape index (κ1) is 17.5. The average Bonchev–Trinajstić information content (AvgIpc) is 2.51. The van der Waals surface area contributed by atoms with Gasteiger partial charge >= 0.3 is 0 Å². The maximum Gasteiger partial charge on any atom is 0.274 e. The number of methoxy groups -OCH3 is 1. The van der Waals surface area contributed by atoms with E-state index in [2.05, 4.69) is 20.6 Å². The van der Waals surface area contributed by atoms with Crippen molar-refractivity contribution >= 4 is 40.7 Å². The number of benzene rings is 1. The van der Waals surface area contributed by atoms with Crippen molar-refractivity contribution in [1.29, 1.82) is 0 Å². The minimum absolute atomic E-state index is 0.241. The van der Waals surface area contributed by atoms with E-state index >= 15 is 0 Å². The molecule has 2 N–H and O–H groups in total. The molecule has 8 heteroatoms. The molecule has 0 aliphatic heterocycles. The highest BCUT2D eigenvalue weighted by molar-refractivity contribution is 6.35. The van der Waals surface area contributed by atoms with Gasteiger partial charge in [0.1, 0.15) is 5.69 Å². The molecular formula is C15H16Cl2N4O2. The van der Waals surface area contributed by atoms with Gasteiger partial charge < -0.3 is 15.4 Å². The second-order valence-corrected chi connectivity index (χ2v) is 5.52. The standard InChI is InChI=1S/C15H16Cl2N4O2/c1-23-6-2-4-18-15-19-5-3-13(21-15)14(22)20-12-8-10(16)7-11(17)9-12/h3,5,7-9H,2,4,6H2,1H3,(H,20,22)(H,18,19,21). The summed E-state index contributed by atoms with van der Waals surface area (Å²) in [6.07, 6.45) is 2.34. The lowest BCUT2D eigenvalue weighted by Gasteiger charge is -2.08. The molecule has 122 valence electrons. The van der Waals surface area contributed by atoms with E-state index in [0.29, 0.717) is 34.8 Å². The van der Waals surface area contributed by atoms with Crippen molar-refractivity contribution in [3.8, 4) is 0 Å². The number of carbonyl (C=O) groups is 1. The molecular weight excluding hydrogens is 339 g/mol. The highest BCUT2D eigenvalue weighted by atomic mass is 35.5. The molecule has 1 heterocycles. The minimum atomic E-state index is -0.370. The molecule has 0 bridgehead atoms. The van der Waals surface area contributed by atoms with Crippen molar-refractivity contribution < 1.29 is 9.53 Å². The Morgan fingerprint density at radius 2 is 2.00 bits per heavy atom. The molecule has 0 radical (unpaired) electrons. The summed E-state index contributed by atoms with van der Waals surface area (Å²) >= 11 is 11.8. The predicted molar refractivity (Wildman–Crippen MR) is 91.4 cm³/mol. The predicted octanol–water partition coefficient (Wildman–Crippen LogP) is 3.48. The van der Waals surface area contributed by atoms with E-state index in [-0.39, 0.29) is 11.6 Å². The summed E-state index contributed by atoms with van der Waals surface area (Å²) in [4.78, 5) is 20.5. The second kappa shape index (κ2) is 8.67. The summed E-state index contributed by atoms with van der Waals surface area (Å²) in [5, 5.41) is 6.61. The summed E-state index contributed by atoms with van der Waals surface area (Å²) in [5.41, 5.74) is 0.742. The van der Waals surface area contributed by atoms with E-state index in [4.69, 9.17) is 27.9 Å². The summed E-state index contributed by atoms with van der Waals surface area (Å²) in [6.45, 7) is 1.30. The van der Waals surface area contributed by atoms with Crippen molar-refractivity contribution in [2.45, 2.75) is 6.42 Å². The summed E-state index contributed by atoms with van der Waals surface area (Å²) in [7, 11) is 1.64. The summed E-state index contributed by atoms with van der Waals surface area (Å²) < 4.78 is 4.96. The fraction of sp³-hybridized carbons (Fsp3) is 0.267. The van der Waals surface area contributed by atoms with Crippen LogP contribution in [0.5, 0.6) is 0 Å². The highest BCUT2D eigenvalue weighted by Gasteiger charge is 2.10. The molecule has 0 spiro atoms. The van der Waals surface area contributed by atoms with Gasteiger partial charge in [-0.15, -0.1) is 0 Å². The third-order valence-electron chi connectivity index (χ3n) is 2.82. The van der Waals surface area contributed by atoms with E-state index in [1.807, 2.05) is 0 Å². The normalized spacial score (nSPS) is 10.4. The zero-order valence-corrected chi connectivity index (χ0v) is 14.0. The SMILES string of the molecule is COCCCNc1nccc(C(=O)Nc2cc(Cl)cc(Cl)c2)n1. The molecule has 0 fully saturated rings. The highest BCUT2D eigenvalue weighted by Crippen LogP contribution is 2.22. The Morgan fingerprint density at radius 1 is 1.26 bits per heavy atom. The largest absolute Gasteiger partial charge is 0.385 e. The second-order valence-electron chi connectivity index (χ2n) is 4.65. The van der Waals surface area contributed by atoms with Crippen molar-refractivity contribution in [2.75, 3.05) is 30.9 Å². The number of amides is 1. The van der Waals surface area contributed by atoms with Gasteiger partial charge in [0.2, 0.25) is 5.95 Å². The Morgan fingerprint density at radius 3 is 2.70 bits per heavy atom. The van der Waals surface area contributed by atoms with Crippen LogP contribution in [0.25, 0.3) is 0 Å². The van der Waals surface area contributed by atoms with Gasteiger partial charge in [-0.2, -0.15) is 0 Å². The van der Waals surface area contributed by atoms with Crippen LogP contribution in [-0.4, -0.2) is 36.1 Å². The molecule has 0 unspecified atom stereocenters. The Labute approximate surface area is 144 Å². The first-order valence-electron chi connectivity index (χ1n) is 6.92. The molecule has 0 saturated carbocycles. The Kier molecular flexibility index (Phi) is 6.58. The Bertz CT molecular complexity index is 662. The molecule has 2 rings (SSSR count). The number of rotatable bonds is 7. The van der Waals surface area contributed by atoms with Gasteiger partial charge in [0.15, 0.2) is 0 Å². The quantitative estimate of drug-likeness (QED) is 0.744. The molecule has 6 nitrogen and oxygen atoms in total. The van der Waals surface area contributed by atoms with E-state index in [1.54, 1.807) is 25.3 Å². The molecule has 1 amide bonds. The Balaban J connectivity index is 2.01. The maximum atomic E-state index is 12.2. The lowest BCUT2D eigenvalue weighted by Crippen LogP contribution is -2.16. The van der Waals surface area contributed by atoms with Gasteiger partial charge in [0.25, 0.3) is 5.91 Å². The number of anilines is 2. The first-order chi connectivity index (χ1) is 11.1. The summed E-state index contributed by atoms with van der Waals surface area (Å²) in [5.74, 6) is 0.0172. The van der Waals surface area contributed by atoms with Crippen LogP contribution in [0.3, 0.4) is 0 Å². The fourth-order valence-corrected chi connectivity index (χ4v) is 2.33. The monoisotopic (exact) mass is 354 g/mol. The number of hydrogen-bond donors (Lipinski definition) is 2. The molecule has 1 aromatic heterocycles. The first-order valence-corrected chi connectivity index (χ1v) is 7.67. The van der Waals surface area contributed by atoms with E-state index in [0.717, 1.165) is 6.42 Å². The number of hydrogen-bond acceptors (Lipinski definition) is 5. The van der Waals surface area contributed by atoms with Crippen LogP contribution in [-0.2, 0) is 4.74 Å². The van der Waals surface area contributed by atoms with Gasteiger partial charge in [-0.25, -0.2) is 9.97 Å². The van der Waals surface area contributed by atoms with Crippen molar-refractivity contribution in [3.63, 3.8) is 0 Å². The van der Waals surface area contributed by atoms with Crippen LogP contribution in [0.2, 0.25) is 10.0 Å².